The van der Waals surface area contributed by atoms with Crippen LogP contribution < -0.4 is 24.4 Å². The van der Waals surface area contributed by atoms with Gasteiger partial charge in [0, 0.05) is 29.9 Å². The van der Waals surface area contributed by atoms with Crippen molar-refractivity contribution in [3.8, 4) is 17.2 Å². The Morgan fingerprint density at radius 2 is 1.80 bits per heavy atom. The Labute approximate surface area is 176 Å². The summed E-state index contributed by atoms with van der Waals surface area (Å²) in [5.41, 5.74) is 2.11. The standard InChI is InChI=1S/C24H26N2O4/c27-23-24(14-28-20-13-22-21(12-18(20)24)29-15-30-22)17-8-3-4-9-19(17)26(23)11-5-10-25-16-6-1-2-7-16/h3-4,8-9,12-13,16,25H,1-2,5-7,10-11,14-15H2. The van der Waals surface area contributed by atoms with Crippen LogP contribution in [0.3, 0.4) is 0 Å². The van der Waals surface area contributed by atoms with Gasteiger partial charge in [-0.05, 0) is 43.5 Å². The number of rotatable bonds is 5. The number of para-hydroxylation sites is 1. The number of amides is 1. The van der Waals surface area contributed by atoms with E-state index in [4.69, 9.17) is 14.2 Å². The molecule has 3 aliphatic heterocycles. The number of anilines is 1. The highest BCUT2D eigenvalue weighted by Gasteiger charge is 2.57. The highest BCUT2D eigenvalue weighted by atomic mass is 16.7. The second-order valence-corrected chi connectivity index (χ2v) is 8.66. The van der Waals surface area contributed by atoms with Crippen molar-refractivity contribution < 1.29 is 19.0 Å². The topological polar surface area (TPSA) is 60.0 Å². The number of ether oxygens (including phenoxy) is 3. The van der Waals surface area contributed by atoms with Gasteiger partial charge in [0.25, 0.3) is 0 Å². The van der Waals surface area contributed by atoms with Crippen LogP contribution in [0.5, 0.6) is 17.2 Å². The van der Waals surface area contributed by atoms with Crippen LogP contribution in [0.1, 0.15) is 43.2 Å². The summed E-state index contributed by atoms with van der Waals surface area (Å²) >= 11 is 0. The predicted octanol–water partition coefficient (Wildman–Crippen LogP) is 3.36. The molecule has 1 N–H and O–H groups in total. The molecule has 30 heavy (non-hydrogen) atoms. The van der Waals surface area contributed by atoms with Gasteiger partial charge in [-0.3, -0.25) is 4.79 Å². The van der Waals surface area contributed by atoms with Crippen molar-refractivity contribution in [3.63, 3.8) is 0 Å². The lowest BCUT2D eigenvalue weighted by Gasteiger charge is -2.23. The van der Waals surface area contributed by atoms with E-state index in [2.05, 4.69) is 17.4 Å². The van der Waals surface area contributed by atoms with Gasteiger partial charge < -0.3 is 24.4 Å². The molecule has 2 aromatic carbocycles. The highest BCUT2D eigenvalue weighted by molar-refractivity contribution is 6.11. The summed E-state index contributed by atoms with van der Waals surface area (Å²) < 4.78 is 17.1. The molecule has 1 atom stereocenters. The van der Waals surface area contributed by atoms with Gasteiger partial charge in [-0.2, -0.15) is 0 Å². The maximum atomic E-state index is 13.9. The maximum Gasteiger partial charge on any atom is 0.245 e. The van der Waals surface area contributed by atoms with Crippen molar-refractivity contribution in [2.24, 2.45) is 0 Å². The zero-order valence-corrected chi connectivity index (χ0v) is 17.0. The normalized spacial score (nSPS) is 23.9. The van der Waals surface area contributed by atoms with E-state index in [1.807, 2.05) is 29.2 Å². The van der Waals surface area contributed by atoms with Crippen LogP contribution >= 0.6 is 0 Å². The van der Waals surface area contributed by atoms with E-state index in [1.165, 1.54) is 25.7 Å². The fourth-order valence-corrected chi connectivity index (χ4v) is 5.46. The fourth-order valence-electron chi connectivity index (χ4n) is 5.46. The van der Waals surface area contributed by atoms with Crippen molar-refractivity contribution in [3.05, 3.63) is 47.5 Å². The first-order valence-electron chi connectivity index (χ1n) is 11.0. The molecular weight excluding hydrogens is 380 g/mol. The molecule has 0 bridgehead atoms. The van der Waals surface area contributed by atoms with Crippen molar-refractivity contribution in [1.29, 1.82) is 0 Å². The molecule has 1 amide bonds. The van der Waals surface area contributed by atoms with Crippen LogP contribution in [0.4, 0.5) is 5.69 Å². The smallest absolute Gasteiger partial charge is 0.245 e. The Morgan fingerprint density at radius 1 is 1.00 bits per heavy atom. The average molecular weight is 406 g/mol. The van der Waals surface area contributed by atoms with Gasteiger partial charge in [-0.25, -0.2) is 0 Å². The van der Waals surface area contributed by atoms with E-state index in [-0.39, 0.29) is 12.7 Å². The van der Waals surface area contributed by atoms with E-state index < -0.39 is 5.41 Å². The third-order valence-electron chi connectivity index (χ3n) is 6.99. The lowest BCUT2D eigenvalue weighted by Crippen LogP contribution is -2.43. The Bertz CT molecular complexity index is 1000. The molecule has 1 saturated carbocycles. The number of carbonyl (C=O) groups excluding carboxylic acids is 1. The molecule has 6 heteroatoms. The molecule has 3 heterocycles. The van der Waals surface area contributed by atoms with Gasteiger partial charge in [0.1, 0.15) is 17.8 Å². The number of nitrogens with zero attached hydrogens (tertiary/aromatic N) is 1. The molecule has 0 aromatic heterocycles. The minimum absolute atomic E-state index is 0.0992. The van der Waals surface area contributed by atoms with Crippen LogP contribution in [0, 0.1) is 0 Å². The third kappa shape index (κ3) is 2.56. The van der Waals surface area contributed by atoms with Crippen molar-refractivity contribution in [1.82, 2.24) is 5.32 Å². The number of nitrogens with one attached hydrogen (secondary N) is 1. The molecule has 0 saturated heterocycles. The first kappa shape index (κ1) is 18.1. The SMILES string of the molecule is O=C1N(CCCNC2CCCC2)c2ccccc2C12COc1cc3c(cc12)OCO3. The molecule has 1 fully saturated rings. The minimum Gasteiger partial charge on any atom is -0.491 e. The molecule has 6 nitrogen and oxygen atoms in total. The number of fused-ring (bicyclic) bond motifs is 5. The lowest BCUT2D eigenvalue weighted by atomic mass is 9.77. The maximum absolute atomic E-state index is 13.9. The van der Waals surface area contributed by atoms with Crippen LogP contribution in [0.25, 0.3) is 0 Å². The predicted molar refractivity (Wildman–Crippen MR) is 113 cm³/mol. The Morgan fingerprint density at radius 3 is 2.67 bits per heavy atom. The second-order valence-electron chi connectivity index (χ2n) is 8.66. The van der Waals surface area contributed by atoms with Gasteiger partial charge in [-0.1, -0.05) is 31.0 Å². The van der Waals surface area contributed by atoms with Gasteiger partial charge in [0.2, 0.25) is 12.7 Å². The summed E-state index contributed by atoms with van der Waals surface area (Å²) in [6.07, 6.45) is 6.14. The third-order valence-corrected chi connectivity index (χ3v) is 6.99. The summed E-state index contributed by atoms with van der Waals surface area (Å²) in [4.78, 5) is 15.8. The Hall–Kier alpha value is -2.73. The first-order valence-corrected chi connectivity index (χ1v) is 11.0. The first-order chi connectivity index (χ1) is 14.8. The summed E-state index contributed by atoms with van der Waals surface area (Å²) in [5, 5.41) is 3.66. The van der Waals surface area contributed by atoms with Crippen molar-refractivity contribution in [2.45, 2.75) is 43.6 Å². The highest BCUT2D eigenvalue weighted by Crippen LogP contribution is 2.54. The van der Waals surface area contributed by atoms with E-state index in [1.54, 1.807) is 0 Å². The summed E-state index contributed by atoms with van der Waals surface area (Å²) in [6, 6.07) is 12.6. The fraction of sp³-hybridized carbons (Fsp3) is 0.458. The second kappa shape index (κ2) is 6.91. The molecule has 1 spiro atoms. The van der Waals surface area contributed by atoms with Gasteiger partial charge in [0.05, 0.1) is 0 Å². The molecule has 156 valence electrons. The number of benzene rings is 2. The van der Waals surface area contributed by atoms with E-state index in [0.29, 0.717) is 36.4 Å². The molecule has 4 aliphatic rings. The van der Waals surface area contributed by atoms with Gasteiger partial charge in [-0.15, -0.1) is 0 Å². The summed E-state index contributed by atoms with van der Waals surface area (Å²) in [7, 11) is 0. The monoisotopic (exact) mass is 406 g/mol. The van der Waals surface area contributed by atoms with Crippen LogP contribution in [0.2, 0.25) is 0 Å². The largest absolute Gasteiger partial charge is 0.491 e. The van der Waals surface area contributed by atoms with Crippen molar-refractivity contribution >= 4 is 11.6 Å². The minimum atomic E-state index is -0.800. The molecule has 2 aromatic rings. The molecule has 1 unspecified atom stereocenters. The van der Waals surface area contributed by atoms with Gasteiger partial charge in [0.15, 0.2) is 11.5 Å². The number of hydrogen-bond donors (Lipinski definition) is 1. The Kier molecular flexibility index (Phi) is 4.16. The summed E-state index contributed by atoms with van der Waals surface area (Å²) in [5.74, 6) is 2.18. The number of carbonyl (C=O) groups is 1. The lowest BCUT2D eigenvalue weighted by molar-refractivity contribution is -0.122. The van der Waals surface area contributed by atoms with Crippen molar-refractivity contribution in [2.75, 3.05) is 31.4 Å². The van der Waals surface area contributed by atoms with Crippen LogP contribution in [-0.2, 0) is 10.2 Å². The zero-order valence-electron chi connectivity index (χ0n) is 17.0. The average Bonchev–Trinajstić information content (AvgIpc) is 3.54. The molecule has 1 aliphatic carbocycles. The number of hydrogen-bond acceptors (Lipinski definition) is 5. The summed E-state index contributed by atoms with van der Waals surface area (Å²) in [6.45, 7) is 2.17. The Balaban J connectivity index is 1.30. The van der Waals surface area contributed by atoms with E-state index in [9.17, 15) is 4.79 Å². The van der Waals surface area contributed by atoms with Crippen LogP contribution in [-0.4, -0.2) is 38.4 Å². The molecular formula is C24H26N2O4. The molecule has 0 radical (unpaired) electrons. The quantitative estimate of drug-likeness (QED) is 0.772. The molecule has 6 rings (SSSR count). The van der Waals surface area contributed by atoms with E-state index >= 15 is 0 Å². The van der Waals surface area contributed by atoms with Gasteiger partial charge >= 0.3 is 0 Å². The van der Waals surface area contributed by atoms with Crippen LogP contribution in [0.15, 0.2) is 36.4 Å². The zero-order chi connectivity index (χ0) is 20.1. The van der Waals surface area contributed by atoms with E-state index in [0.717, 1.165) is 29.8 Å².